The fourth-order valence-corrected chi connectivity index (χ4v) is 3.51. The summed E-state index contributed by atoms with van der Waals surface area (Å²) in [6.07, 6.45) is 5.84. The highest BCUT2D eigenvalue weighted by molar-refractivity contribution is 7.98. The highest BCUT2D eigenvalue weighted by Crippen LogP contribution is 2.21. The summed E-state index contributed by atoms with van der Waals surface area (Å²) in [4.78, 5) is 23.5. The van der Waals surface area contributed by atoms with E-state index in [2.05, 4.69) is 26.7 Å². The van der Waals surface area contributed by atoms with Crippen LogP contribution in [0.4, 0.5) is 5.95 Å². The molecule has 0 spiro atoms. The van der Waals surface area contributed by atoms with Crippen LogP contribution in [-0.4, -0.2) is 28.8 Å². The zero-order chi connectivity index (χ0) is 17.9. The number of imidazole rings is 1. The van der Waals surface area contributed by atoms with Crippen molar-refractivity contribution in [3.05, 3.63) is 66.0 Å². The van der Waals surface area contributed by atoms with Gasteiger partial charge < -0.3 is 15.6 Å². The molecule has 3 aromatic rings. The quantitative estimate of drug-likeness (QED) is 0.606. The Bertz CT molecular complexity index is 981. The molecule has 1 aliphatic rings. The largest absolute Gasteiger partial charge is 0.372 e. The molecule has 6 nitrogen and oxygen atoms in total. The molecule has 7 heteroatoms. The summed E-state index contributed by atoms with van der Waals surface area (Å²) in [5.74, 6) is 0.661. The zero-order valence-corrected chi connectivity index (χ0v) is 15.1. The lowest BCUT2D eigenvalue weighted by molar-refractivity contribution is 0.0950. The average Bonchev–Trinajstić information content (AvgIpc) is 3.34. The number of thioether (sulfide) groups is 1. The number of anilines is 1. The smallest absolute Gasteiger partial charge is 0.251 e. The van der Waals surface area contributed by atoms with Crippen molar-refractivity contribution in [3.63, 3.8) is 0 Å². The molecule has 1 aliphatic heterocycles. The van der Waals surface area contributed by atoms with Crippen LogP contribution < -0.4 is 15.5 Å². The van der Waals surface area contributed by atoms with E-state index in [0.717, 1.165) is 22.5 Å². The van der Waals surface area contributed by atoms with Gasteiger partial charge >= 0.3 is 0 Å². The number of fused-ring (bicyclic) bond motifs is 1. The van der Waals surface area contributed by atoms with Gasteiger partial charge in [0.1, 0.15) is 0 Å². The lowest BCUT2D eigenvalue weighted by Gasteiger charge is -2.09. The van der Waals surface area contributed by atoms with Crippen molar-refractivity contribution in [3.8, 4) is 0 Å². The highest BCUT2D eigenvalue weighted by Gasteiger charge is 2.13. The number of aromatic amines is 1. The molecule has 26 heavy (non-hydrogen) atoms. The van der Waals surface area contributed by atoms with E-state index >= 15 is 0 Å². The van der Waals surface area contributed by atoms with E-state index in [4.69, 9.17) is 0 Å². The third-order valence-electron chi connectivity index (χ3n) is 4.27. The van der Waals surface area contributed by atoms with Gasteiger partial charge in [-0.2, -0.15) is 0 Å². The maximum absolute atomic E-state index is 12.5. The van der Waals surface area contributed by atoms with Gasteiger partial charge in [-0.05, 0) is 36.1 Å². The van der Waals surface area contributed by atoms with Gasteiger partial charge in [-0.25, -0.2) is 4.98 Å². The number of H-pyrrole nitrogens is 1. The molecule has 2 heterocycles. The van der Waals surface area contributed by atoms with E-state index < -0.39 is 0 Å². The first-order chi connectivity index (χ1) is 12.7. The number of benzene rings is 2. The predicted octanol–water partition coefficient (Wildman–Crippen LogP) is 3.05. The van der Waals surface area contributed by atoms with Gasteiger partial charge in [0.2, 0.25) is 5.95 Å². The maximum Gasteiger partial charge on any atom is 0.251 e. The first-order valence-electron chi connectivity index (χ1n) is 8.31. The van der Waals surface area contributed by atoms with Crippen LogP contribution in [0.5, 0.6) is 0 Å². The Morgan fingerprint density at radius 3 is 3.00 bits per heavy atom. The Labute approximate surface area is 155 Å². The molecular weight excluding hydrogens is 346 g/mol. The molecule has 2 aromatic carbocycles. The third kappa shape index (κ3) is 3.25. The van der Waals surface area contributed by atoms with Crippen molar-refractivity contribution in [2.24, 2.45) is 0 Å². The Morgan fingerprint density at radius 2 is 2.19 bits per heavy atom. The first kappa shape index (κ1) is 16.5. The number of nitrogens with one attached hydrogen (secondary N) is 3. The summed E-state index contributed by atoms with van der Waals surface area (Å²) < 4.78 is 0. The first-order valence-corrected chi connectivity index (χ1v) is 9.53. The molecule has 0 saturated heterocycles. The average molecular weight is 365 g/mol. The van der Waals surface area contributed by atoms with E-state index in [0.29, 0.717) is 18.8 Å². The van der Waals surface area contributed by atoms with E-state index in [1.807, 2.05) is 53.9 Å². The number of hydrogen-bond acceptors (Lipinski definition) is 5. The molecule has 0 aliphatic carbocycles. The van der Waals surface area contributed by atoms with Crippen LogP contribution in [0.3, 0.4) is 0 Å². The van der Waals surface area contributed by atoms with E-state index in [9.17, 15) is 4.79 Å². The van der Waals surface area contributed by atoms with Gasteiger partial charge in [-0.3, -0.25) is 9.69 Å². The monoisotopic (exact) mass is 365 g/mol. The number of carbonyl (C=O) groups is 1. The number of carbonyl (C=O) groups excluding carboxylic acids is 1. The summed E-state index contributed by atoms with van der Waals surface area (Å²) >= 11 is 1.68. The Morgan fingerprint density at radius 1 is 1.31 bits per heavy atom. The molecule has 0 atom stereocenters. The lowest BCUT2D eigenvalue weighted by atomic mass is 10.1. The minimum Gasteiger partial charge on any atom is -0.372 e. The molecule has 4 rings (SSSR count). The predicted molar refractivity (Wildman–Crippen MR) is 105 cm³/mol. The van der Waals surface area contributed by atoms with Crippen LogP contribution in [0.1, 0.15) is 15.9 Å². The molecule has 3 N–H and O–H groups in total. The van der Waals surface area contributed by atoms with Crippen LogP contribution >= 0.6 is 11.8 Å². The van der Waals surface area contributed by atoms with Crippen molar-refractivity contribution in [1.29, 1.82) is 0 Å². The molecule has 132 valence electrons. The van der Waals surface area contributed by atoms with Gasteiger partial charge in [0.15, 0.2) is 0 Å². The fraction of sp³-hybridized carbons (Fsp3) is 0.158. The SMILES string of the molecule is CSc1ccccc1CNC(=O)c1ccc2nc(N3C=CNC3)[nH]c2c1. The topological polar surface area (TPSA) is 73.1 Å². The van der Waals surface area contributed by atoms with Crippen molar-refractivity contribution in [2.75, 3.05) is 17.8 Å². The normalized spacial score (nSPS) is 13.2. The Balaban J connectivity index is 1.50. The van der Waals surface area contributed by atoms with Crippen molar-refractivity contribution in [2.45, 2.75) is 11.4 Å². The number of aromatic nitrogens is 2. The number of rotatable bonds is 5. The summed E-state index contributed by atoms with van der Waals surface area (Å²) in [5, 5.41) is 6.10. The Kier molecular flexibility index (Phi) is 4.53. The maximum atomic E-state index is 12.5. The van der Waals surface area contributed by atoms with Gasteiger partial charge in [-0.1, -0.05) is 18.2 Å². The number of amides is 1. The lowest BCUT2D eigenvalue weighted by Crippen LogP contribution is -2.23. The molecule has 0 saturated carbocycles. The second kappa shape index (κ2) is 7.13. The minimum atomic E-state index is -0.0957. The molecule has 1 aromatic heterocycles. The van der Waals surface area contributed by atoms with Crippen LogP contribution in [0.2, 0.25) is 0 Å². The van der Waals surface area contributed by atoms with E-state index in [-0.39, 0.29) is 5.91 Å². The number of hydrogen-bond donors (Lipinski definition) is 3. The standard InChI is InChI=1S/C19H19N5OS/c1-26-17-5-3-2-4-14(17)11-21-18(25)13-6-7-15-16(10-13)23-19(22-15)24-9-8-20-12-24/h2-10,20H,11-12H2,1H3,(H,21,25)(H,22,23). The van der Waals surface area contributed by atoms with Crippen molar-refractivity contribution >= 4 is 34.7 Å². The van der Waals surface area contributed by atoms with Gasteiger partial charge in [-0.15, -0.1) is 11.8 Å². The molecule has 1 amide bonds. The van der Waals surface area contributed by atoms with Gasteiger partial charge in [0.25, 0.3) is 5.91 Å². The Hall–Kier alpha value is -2.93. The minimum absolute atomic E-state index is 0.0957. The fourth-order valence-electron chi connectivity index (χ4n) is 2.89. The van der Waals surface area contributed by atoms with Crippen LogP contribution in [-0.2, 0) is 6.54 Å². The molecule has 0 radical (unpaired) electrons. The molecule has 0 bridgehead atoms. The summed E-state index contributed by atoms with van der Waals surface area (Å²) in [7, 11) is 0. The second-order valence-electron chi connectivity index (χ2n) is 5.93. The van der Waals surface area contributed by atoms with Crippen LogP contribution in [0.25, 0.3) is 11.0 Å². The molecule has 0 unspecified atom stereocenters. The second-order valence-corrected chi connectivity index (χ2v) is 6.78. The summed E-state index contributed by atoms with van der Waals surface area (Å²) in [6.45, 7) is 1.19. The third-order valence-corrected chi connectivity index (χ3v) is 5.11. The van der Waals surface area contributed by atoms with E-state index in [1.165, 1.54) is 4.90 Å². The van der Waals surface area contributed by atoms with Crippen molar-refractivity contribution < 1.29 is 4.79 Å². The van der Waals surface area contributed by atoms with Gasteiger partial charge in [0.05, 0.1) is 17.7 Å². The van der Waals surface area contributed by atoms with Crippen LogP contribution in [0.15, 0.2) is 59.8 Å². The molecule has 0 fully saturated rings. The molecular formula is C19H19N5OS. The van der Waals surface area contributed by atoms with Crippen LogP contribution in [0, 0.1) is 0 Å². The summed E-state index contributed by atoms with van der Waals surface area (Å²) in [6, 6.07) is 13.6. The van der Waals surface area contributed by atoms with E-state index in [1.54, 1.807) is 17.8 Å². The highest BCUT2D eigenvalue weighted by atomic mass is 32.2. The number of nitrogens with zero attached hydrogens (tertiary/aromatic N) is 2. The van der Waals surface area contributed by atoms with Gasteiger partial charge in [0, 0.05) is 29.4 Å². The van der Waals surface area contributed by atoms with Crippen molar-refractivity contribution in [1.82, 2.24) is 20.6 Å². The summed E-state index contributed by atoms with van der Waals surface area (Å²) in [5.41, 5.74) is 3.41. The zero-order valence-electron chi connectivity index (χ0n) is 14.3.